The Balaban J connectivity index is 2.52. The Hall–Kier alpha value is -1.71. The first-order valence-electron chi connectivity index (χ1n) is 3.60. The van der Waals surface area contributed by atoms with E-state index in [0.29, 0.717) is 6.54 Å². The molecule has 4 heteroatoms. The van der Waals surface area contributed by atoms with Crippen molar-refractivity contribution in [1.29, 1.82) is 0 Å². The van der Waals surface area contributed by atoms with Gasteiger partial charge in [-0.15, -0.1) is 0 Å². The lowest BCUT2D eigenvalue weighted by molar-refractivity contribution is 0.957. The number of hydrogen-bond donors (Lipinski definition) is 0. The molecule has 0 spiro atoms. The summed E-state index contributed by atoms with van der Waals surface area (Å²) in [6, 6.07) is 0. The molecule has 0 N–H and O–H groups in total. The number of aromatic nitrogens is 3. The molecule has 0 amide bonds. The van der Waals surface area contributed by atoms with Gasteiger partial charge in [-0.1, -0.05) is 0 Å². The molecule has 2 rings (SSSR count). The second-order valence-electron chi connectivity index (χ2n) is 2.45. The molecule has 0 aliphatic heterocycles. The van der Waals surface area contributed by atoms with E-state index in [2.05, 4.69) is 21.7 Å². The molecule has 2 aromatic rings. The van der Waals surface area contributed by atoms with Gasteiger partial charge < -0.3 is 4.40 Å². The van der Waals surface area contributed by atoms with Gasteiger partial charge in [0.25, 0.3) is 0 Å². The van der Waals surface area contributed by atoms with Gasteiger partial charge in [-0.25, -0.2) is 4.98 Å². The first-order chi connectivity index (χ1) is 5.90. The van der Waals surface area contributed by atoms with Crippen LogP contribution >= 0.6 is 0 Å². The molecule has 0 aliphatic carbocycles. The fourth-order valence-corrected chi connectivity index (χ4v) is 1.06. The number of rotatable bonds is 2. The van der Waals surface area contributed by atoms with Crippen LogP contribution in [0.1, 0.15) is 5.69 Å². The number of aliphatic imine (C=N–C) groups is 1. The molecule has 12 heavy (non-hydrogen) atoms. The van der Waals surface area contributed by atoms with Gasteiger partial charge in [0.1, 0.15) is 0 Å². The quantitative estimate of drug-likeness (QED) is 0.613. The van der Waals surface area contributed by atoms with E-state index in [9.17, 15) is 0 Å². The lowest BCUT2D eigenvalue weighted by atomic mass is 10.4. The molecule has 4 nitrogen and oxygen atoms in total. The highest BCUT2D eigenvalue weighted by molar-refractivity contribution is 5.35. The van der Waals surface area contributed by atoms with Gasteiger partial charge in [0.05, 0.1) is 18.4 Å². The maximum absolute atomic E-state index is 4.15. The molecule has 0 saturated carbocycles. The third kappa shape index (κ3) is 1.07. The zero-order valence-electron chi connectivity index (χ0n) is 6.51. The van der Waals surface area contributed by atoms with Crippen LogP contribution in [0.3, 0.4) is 0 Å². The number of imidazole rings is 1. The van der Waals surface area contributed by atoms with Gasteiger partial charge in [0.2, 0.25) is 0 Å². The van der Waals surface area contributed by atoms with Crippen molar-refractivity contribution in [3.05, 3.63) is 30.5 Å². The minimum absolute atomic E-state index is 0.550. The van der Waals surface area contributed by atoms with Gasteiger partial charge in [0.15, 0.2) is 5.65 Å². The van der Waals surface area contributed by atoms with Crippen molar-refractivity contribution in [2.45, 2.75) is 6.54 Å². The summed E-state index contributed by atoms with van der Waals surface area (Å²) in [4.78, 5) is 12.0. The first-order valence-corrected chi connectivity index (χ1v) is 3.60. The van der Waals surface area contributed by atoms with Crippen LogP contribution in [-0.2, 0) is 6.54 Å². The van der Waals surface area contributed by atoms with Crippen LogP contribution in [0.15, 0.2) is 29.8 Å². The van der Waals surface area contributed by atoms with Crippen molar-refractivity contribution >= 4 is 12.4 Å². The highest BCUT2D eigenvalue weighted by atomic mass is 15.0. The summed E-state index contributed by atoms with van der Waals surface area (Å²) in [5, 5.41) is 0. The van der Waals surface area contributed by atoms with Crippen molar-refractivity contribution in [1.82, 2.24) is 14.4 Å². The summed E-state index contributed by atoms with van der Waals surface area (Å²) < 4.78 is 1.91. The molecule has 2 aromatic heterocycles. The Morgan fingerprint density at radius 3 is 3.25 bits per heavy atom. The third-order valence-corrected chi connectivity index (χ3v) is 1.61. The summed E-state index contributed by atoms with van der Waals surface area (Å²) in [6.07, 6.45) is 7.24. The van der Waals surface area contributed by atoms with Gasteiger partial charge in [-0.3, -0.25) is 9.98 Å². The van der Waals surface area contributed by atoms with E-state index >= 15 is 0 Å². The van der Waals surface area contributed by atoms with Crippen molar-refractivity contribution in [3.8, 4) is 0 Å². The molecule has 0 aliphatic rings. The zero-order chi connectivity index (χ0) is 8.39. The van der Waals surface area contributed by atoms with Gasteiger partial charge in [-0.05, 0) is 6.72 Å². The second kappa shape index (κ2) is 2.73. The molecular formula is C8H8N4. The van der Waals surface area contributed by atoms with E-state index in [-0.39, 0.29) is 0 Å². The highest BCUT2D eigenvalue weighted by Crippen LogP contribution is 2.01. The van der Waals surface area contributed by atoms with Crippen LogP contribution in [-0.4, -0.2) is 21.1 Å². The Morgan fingerprint density at radius 2 is 2.42 bits per heavy atom. The Kier molecular flexibility index (Phi) is 1.59. The monoisotopic (exact) mass is 160 g/mol. The minimum Gasteiger partial charge on any atom is -0.304 e. The molecule has 0 aromatic carbocycles. The molecule has 0 unspecified atom stereocenters. The lowest BCUT2D eigenvalue weighted by Crippen LogP contribution is -1.92. The van der Waals surface area contributed by atoms with Crippen LogP contribution in [0, 0.1) is 0 Å². The number of nitrogens with zero attached hydrogens (tertiary/aromatic N) is 4. The third-order valence-electron chi connectivity index (χ3n) is 1.61. The number of hydrogen-bond acceptors (Lipinski definition) is 3. The standard InChI is InChI=1S/C8H8N4/c1-9-4-7-6-12-3-2-10-8(12)5-11-7/h2-3,5-6H,1,4H2. The Bertz CT molecular complexity index is 404. The molecule has 0 bridgehead atoms. The van der Waals surface area contributed by atoms with Crippen molar-refractivity contribution in [3.63, 3.8) is 0 Å². The van der Waals surface area contributed by atoms with Crippen molar-refractivity contribution in [2.75, 3.05) is 0 Å². The maximum atomic E-state index is 4.15. The fraction of sp³-hybridized carbons (Fsp3) is 0.125. The van der Waals surface area contributed by atoms with Crippen LogP contribution in [0.4, 0.5) is 0 Å². The smallest absolute Gasteiger partial charge is 0.155 e. The van der Waals surface area contributed by atoms with E-state index < -0.39 is 0 Å². The summed E-state index contributed by atoms with van der Waals surface area (Å²) >= 11 is 0. The van der Waals surface area contributed by atoms with Gasteiger partial charge in [-0.2, -0.15) is 0 Å². The Labute approximate surface area is 69.6 Å². The first kappa shape index (κ1) is 6.97. The van der Waals surface area contributed by atoms with E-state index in [4.69, 9.17) is 0 Å². The zero-order valence-corrected chi connectivity index (χ0v) is 6.51. The fourth-order valence-electron chi connectivity index (χ4n) is 1.06. The van der Waals surface area contributed by atoms with Gasteiger partial charge >= 0.3 is 0 Å². The summed E-state index contributed by atoms with van der Waals surface area (Å²) in [5.41, 5.74) is 1.75. The molecule has 0 fully saturated rings. The minimum atomic E-state index is 0.550. The maximum Gasteiger partial charge on any atom is 0.155 e. The molecule has 2 heterocycles. The van der Waals surface area contributed by atoms with Gasteiger partial charge in [0, 0.05) is 18.6 Å². The topological polar surface area (TPSA) is 42.5 Å². The van der Waals surface area contributed by atoms with Crippen molar-refractivity contribution in [2.24, 2.45) is 4.99 Å². The molecule has 0 radical (unpaired) electrons. The lowest BCUT2D eigenvalue weighted by Gasteiger charge is -1.96. The second-order valence-corrected chi connectivity index (χ2v) is 2.45. The average molecular weight is 160 g/mol. The highest BCUT2D eigenvalue weighted by Gasteiger charge is 1.95. The predicted octanol–water partition coefficient (Wildman–Crippen LogP) is 0.930. The molecule has 0 atom stereocenters. The predicted molar refractivity (Wildman–Crippen MR) is 46.2 cm³/mol. The molecular weight excluding hydrogens is 152 g/mol. The van der Waals surface area contributed by atoms with Crippen LogP contribution in [0.2, 0.25) is 0 Å². The summed E-state index contributed by atoms with van der Waals surface area (Å²) in [7, 11) is 0. The summed E-state index contributed by atoms with van der Waals surface area (Å²) in [5.74, 6) is 0. The number of fused-ring (bicyclic) bond motifs is 1. The van der Waals surface area contributed by atoms with E-state index in [1.54, 1.807) is 12.4 Å². The van der Waals surface area contributed by atoms with Crippen molar-refractivity contribution < 1.29 is 0 Å². The summed E-state index contributed by atoms with van der Waals surface area (Å²) in [6.45, 7) is 3.96. The molecule has 0 saturated heterocycles. The van der Waals surface area contributed by atoms with E-state index in [0.717, 1.165) is 11.3 Å². The molecule has 60 valence electrons. The van der Waals surface area contributed by atoms with Crippen LogP contribution in [0.5, 0.6) is 0 Å². The SMILES string of the molecule is C=NCc1cn2ccnc2cn1. The van der Waals surface area contributed by atoms with Crippen LogP contribution in [0.25, 0.3) is 5.65 Å². The van der Waals surface area contributed by atoms with E-state index in [1.165, 1.54) is 0 Å². The van der Waals surface area contributed by atoms with Crippen LogP contribution < -0.4 is 0 Å². The van der Waals surface area contributed by atoms with E-state index in [1.807, 2.05) is 16.8 Å². The Morgan fingerprint density at radius 1 is 1.50 bits per heavy atom. The average Bonchev–Trinajstić information content (AvgIpc) is 2.51. The normalized spacial score (nSPS) is 10.3. The largest absolute Gasteiger partial charge is 0.304 e.